The average molecular weight is 459 g/mol. The van der Waals surface area contributed by atoms with Crippen LogP contribution < -0.4 is 10.6 Å². The van der Waals surface area contributed by atoms with Crippen molar-refractivity contribution in [3.05, 3.63) is 41.0 Å². The number of carbonyl (C=O) groups is 2. The molecule has 1 fully saturated rings. The molecule has 0 spiro atoms. The molecule has 3 rings (SSSR count). The summed E-state index contributed by atoms with van der Waals surface area (Å²) in [6, 6.07) is 7.22. The standard InChI is InChI=1S/C24H34N4O3S/c1-15-20(32-14-27-15)17-9-7-16(8-10-17)12-26-22(29)19-11-18(31-6)13-28(19)23(30)21(25-5)24(2,3)4/h7-10,14,18-19,21,25H,11-13H2,1-6H3,(H,26,29)/t18-,19+,21-/m1/s1. The lowest BCUT2D eigenvalue weighted by Crippen LogP contribution is -2.55. The molecule has 2 heterocycles. The average Bonchev–Trinajstić information content (AvgIpc) is 3.38. The van der Waals surface area contributed by atoms with Crippen LogP contribution in [0.4, 0.5) is 0 Å². The zero-order chi connectivity index (χ0) is 23.5. The van der Waals surface area contributed by atoms with Gasteiger partial charge in [0, 0.05) is 26.6 Å². The van der Waals surface area contributed by atoms with Crippen molar-refractivity contribution in [2.45, 2.75) is 58.8 Å². The van der Waals surface area contributed by atoms with Crippen LogP contribution in [-0.2, 0) is 20.9 Å². The lowest BCUT2D eigenvalue weighted by Gasteiger charge is -2.34. The molecule has 0 radical (unpaired) electrons. The minimum atomic E-state index is -0.537. The van der Waals surface area contributed by atoms with Crippen LogP contribution in [0.5, 0.6) is 0 Å². The number of nitrogens with one attached hydrogen (secondary N) is 2. The molecule has 1 aliphatic rings. The topological polar surface area (TPSA) is 83.6 Å². The number of amides is 2. The Morgan fingerprint density at radius 1 is 1.28 bits per heavy atom. The van der Waals surface area contributed by atoms with E-state index in [2.05, 4.69) is 27.8 Å². The first kappa shape index (κ1) is 24.4. The highest BCUT2D eigenvalue weighted by atomic mass is 32.1. The number of hydrogen-bond donors (Lipinski definition) is 2. The van der Waals surface area contributed by atoms with Gasteiger partial charge in [0.15, 0.2) is 0 Å². The van der Waals surface area contributed by atoms with Gasteiger partial charge in [0.2, 0.25) is 11.8 Å². The predicted octanol–water partition coefficient (Wildman–Crippen LogP) is 2.98. The summed E-state index contributed by atoms with van der Waals surface area (Å²) in [5.74, 6) is -0.215. The largest absolute Gasteiger partial charge is 0.380 e. The Bertz CT molecular complexity index is 935. The first-order chi connectivity index (χ1) is 15.2. The van der Waals surface area contributed by atoms with Gasteiger partial charge in [-0.3, -0.25) is 9.59 Å². The molecular formula is C24H34N4O3S. The first-order valence-electron chi connectivity index (χ1n) is 10.9. The number of ether oxygens (including phenoxy) is 1. The third kappa shape index (κ3) is 5.36. The highest BCUT2D eigenvalue weighted by Gasteiger charge is 2.43. The zero-order valence-electron chi connectivity index (χ0n) is 19.8. The number of aryl methyl sites for hydroxylation is 1. The summed E-state index contributed by atoms with van der Waals surface area (Å²) in [6.45, 7) is 8.88. The number of nitrogens with zero attached hydrogens (tertiary/aromatic N) is 2. The molecule has 0 aliphatic carbocycles. The van der Waals surface area contributed by atoms with Crippen LogP contribution in [0, 0.1) is 12.3 Å². The van der Waals surface area contributed by atoms with Gasteiger partial charge in [-0.05, 0) is 30.5 Å². The van der Waals surface area contributed by atoms with E-state index in [0.717, 1.165) is 21.7 Å². The Labute approximate surface area is 194 Å². The summed E-state index contributed by atoms with van der Waals surface area (Å²) in [6.07, 6.45) is 0.354. The lowest BCUT2D eigenvalue weighted by atomic mass is 9.86. The number of thiazole rings is 1. The van der Waals surface area contributed by atoms with Gasteiger partial charge < -0.3 is 20.3 Å². The second-order valence-electron chi connectivity index (χ2n) is 9.37. The zero-order valence-corrected chi connectivity index (χ0v) is 20.6. The molecule has 7 nitrogen and oxygen atoms in total. The van der Waals surface area contributed by atoms with Crippen LogP contribution in [0.3, 0.4) is 0 Å². The minimum Gasteiger partial charge on any atom is -0.380 e. The van der Waals surface area contributed by atoms with Gasteiger partial charge in [0.25, 0.3) is 0 Å². The highest BCUT2D eigenvalue weighted by molar-refractivity contribution is 7.13. The number of likely N-dealkylation sites (N-methyl/N-ethyl adjacent to an activating group) is 1. The van der Waals surface area contributed by atoms with E-state index in [1.807, 2.05) is 45.3 Å². The second-order valence-corrected chi connectivity index (χ2v) is 10.2. The van der Waals surface area contributed by atoms with Gasteiger partial charge in [-0.1, -0.05) is 45.0 Å². The maximum Gasteiger partial charge on any atom is 0.243 e. The minimum absolute atomic E-state index is 0.0658. The van der Waals surface area contributed by atoms with Gasteiger partial charge in [-0.2, -0.15) is 0 Å². The maximum absolute atomic E-state index is 13.3. The number of methoxy groups -OCH3 is 1. The van der Waals surface area contributed by atoms with Crippen LogP contribution in [0.2, 0.25) is 0 Å². The number of hydrogen-bond acceptors (Lipinski definition) is 6. The van der Waals surface area contributed by atoms with Gasteiger partial charge in [0.05, 0.1) is 28.2 Å². The van der Waals surface area contributed by atoms with E-state index < -0.39 is 6.04 Å². The van der Waals surface area contributed by atoms with Crippen LogP contribution in [-0.4, -0.2) is 60.6 Å². The SMILES string of the molecule is CN[C@H](C(=O)N1C[C@H](OC)C[C@H]1C(=O)NCc1ccc(-c2scnc2C)cc1)C(C)(C)C. The number of carbonyl (C=O) groups excluding carboxylic acids is 2. The molecule has 1 aliphatic heterocycles. The van der Waals surface area contributed by atoms with E-state index in [4.69, 9.17) is 4.74 Å². The van der Waals surface area contributed by atoms with Crippen molar-refractivity contribution in [2.24, 2.45) is 5.41 Å². The van der Waals surface area contributed by atoms with Crippen molar-refractivity contribution >= 4 is 23.2 Å². The molecule has 0 saturated carbocycles. The smallest absolute Gasteiger partial charge is 0.243 e. The third-order valence-electron chi connectivity index (χ3n) is 6.01. The molecule has 1 aromatic heterocycles. The molecule has 1 aromatic carbocycles. The fraction of sp³-hybridized carbons (Fsp3) is 0.542. The van der Waals surface area contributed by atoms with Gasteiger partial charge >= 0.3 is 0 Å². The lowest BCUT2D eigenvalue weighted by molar-refractivity contribution is -0.142. The van der Waals surface area contributed by atoms with Gasteiger partial charge in [0.1, 0.15) is 6.04 Å². The van der Waals surface area contributed by atoms with Crippen molar-refractivity contribution in [3.63, 3.8) is 0 Å². The number of benzene rings is 1. The molecule has 0 bridgehead atoms. The van der Waals surface area contributed by atoms with E-state index in [1.165, 1.54) is 0 Å². The summed E-state index contributed by atoms with van der Waals surface area (Å²) < 4.78 is 5.49. The molecule has 1 saturated heterocycles. The van der Waals surface area contributed by atoms with Crippen molar-refractivity contribution in [2.75, 3.05) is 20.7 Å². The highest BCUT2D eigenvalue weighted by Crippen LogP contribution is 2.28. The second kappa shape index (κ2) is 10.1. The number of rotatable bonds is 7. The predicted molar refractivity (Wildman–Crippen MR) is 127 cm³/mol. The maximum atomic E-state index is 13.3. The Morgan fingerprint density at radius 3 is 2.50 bits per heavy atom. The van der Waals surface area contributed by atoms with Crippen molar-refractivity contribution in [3.8, 4) is 10.4 Å². The summed E-state index contributed by atoms with van der Waals surface area (Å²) in [5.41, 5.74) is 4.72. The van der Waals surface area contributed by atoms with Crippen molar-refractivity contribution < 1.29 is 14.3 Å². The Balaban J connectivity index is 1.67. The molecular weight excluding hydrogens is 424 g/mol. The molecule has 2 aromatic rings. The summed E-state index contributed by atoms with van der Waals surface area (Å²) in [7, 11) is 3.41. The van der Waals surface area contributed by atoms with Crippen molar-refractivity contribution in [1.82, 2.24) is 20.5 Å². The molecule has 2 amide bonds. The molecule has 0 unspecified atom stereocenters. The van der Waals surface area contributed by atoms with E-state index >= 15 is 0 Å². The van der Waals surface area contributed by atoms with E-state index in [1.54, 1.807) is 30.4 Å². The van der Waals surface area contributed by atoms with Gasteiger partial charge in [-0.15, -0.1) is 11.3 Å². The molecule has 32 heavy (non-hydrogen) atoms. The third-order valence-corrected chi connectivity index (χ3v) is 6.99. The molecule has 2 N–H and O–H groups in total. The Kier molecular flexibility index (Phi) is 7.69. The quantitative estimate of drug-likeness (QED) is 0.667. The van der Waals surface area contributed by atoms with Gasteiger partial charge in [-0.25, -0.2) is 4.98 Å². The van der Waals surface area contributed by atoms with Crippen molar-refractivity contribution in [1.29, 1.82) is 0 Å². The van der Waals surface area contributed by atoms with Crippen LogP contribution in [0.15, 0.2) is 29.8 Å². The Hall–Kier alpha value is -2.29. The fourth-order valence-corrected chi connectivity index (χ4v) is 5.02. The monoisotopic (exact) mass is 458 g/mol. The summed E-state index contributed by atoms with van der Waals surface area (Å²) in [5, 5.41) is 6.14. The fourth-order valence-electron chi connectivity index (χ4n) is 4.21. The summed E-state index contributed by atoms with van der Waals surface area (Å²) in [4.78, 5) is 33.5. The van der Waals surface area contributed by atoms with E-state index in [-0.39, 0.29) is 29.4 Å². The molecule has 3 atom stereocenters. The first-order valence-corrected chi connectivity index (χ1v) is 11.8. The number of aromatic nitrogens is 1. The van der Waals surface area contributed by atoms with Crippen LogP contribution in [0.1, 0.15) is 38.4 Å². The van der Waals surface area contributed by atoms with Crippen LogP contribution >= 0.6 is 11.3 Å². The van der Waals surface area contributed by atoms with Crippen LogP contribution in [0.25, 0.3) is 10.4 Å². The Morgan fingerprint density at radius 2 is 1.97 bits per heavy atom. The molecule has 174 valence electrons. The van der Waals surface area contributed by atoms with E-state index in [9.17, 15) is 9.59 Å². The molecule has 8 heteroatoms. The normalized spacial score (nSPS) is 19.8. The summed E-state index contributed by atoms with van der Waals surface area (Å²) >= 11 is 1.62. The number of likely N-dealkylation sites (tertiary alicyclic amines) is 1. The van der Waals surface area contributed by atoms with E-state index in [0.29, 0.717) is 19.5 Å².